The molecular formula is C25H19ClN2O4. The predicted molar refractivity (Wildman–Crippen MR) is 123 cm³/mol. The minimum atomic E-state index is -0.523. The van der Waals surface area contributed by atoms with E-state index in [0.29, 0.717) is 6.42 Å². The molecule has 0 aliphatic heterocycles. The Morgan fingerprint density at radius 2 is 1.72 bits per heavy atom. The number of nitro groups is 1. The normalized spacial score (nSPS) is 11.7. The van der Waals surface area contributed by atoms with Crippen LogP contribution in [0.15, 0.2) is 66.7 Å². The Morgan fingerprint density at radius 3 is 2.38 bits per heavy atom. The number of ether oxygens (including phenoxy) is 1. The van der Waals surface area contributed by atoms with E-state index in [-0.39, 0.29) is 35.3 Å². The second-order valence-corrected chi connectivity index (χ2v) is 7.66. The second-order valence-electron chi connectivity index (χ2n) is 7.22. The maximum atomic E-state index is 12.2. The van der Waals surface area contributed by atoms with E-state index < -0.39 is 11.0 Å². The third kappa shape index (κ3) is 4.58. The smallest absolute Gasteiger partial charge is 0.407 e. The van der Waals surface area contributed by atoms with Crippen LogP contribution in [-0.4, -0.2) is 24.2 Å². The van der Waals surface area contributed by atoms with Crippen LogP contribution >= 0.6 is 11.6 Å². The first-order chi connectivity index (χ1) is 15.5. The van der Waals surface area contributed by atoms with Crippen LogP contribution in [0.5, 0.6) is 0 Å². The summed E-state index contributed by atoms with van der Waals surface area (Å²) in [5.74, 6) is 5.58. The number of carbonyl (C=O) groups excluding carboxylic acids is 1. The van der Waals surface area contributed by atoms with Gasteiger partial charge in [-0.3, -0.25) is 10.1 Å². The molecule has 0 radical (unpaired) electrons. The Labute approximate surface area is 190 Å². The molecule has 3 aromatic carbocycles. The van der Waals surface area contributed by atoms with Crippen molar-refractivity contribution < 1.29 is 14.5 Å². The number of amides is 1. The Morgan fingerprint density at radius 1 is 1.06 bits per heavy atom. The van der Waals surface area contributed by atoms with E-state index in [1.165, 1.54) is 23.3 Å². The summed E-state index contributed by atoms with van der Waals surface area (Å²) in [5.41, 5.74) is 4.77. The first-order valence-electron chi connectivity index (χ1n) is 10.1. The molecule has 0 atom stereocenters. The van der Waals surface area contributed by atoms with Crippen molar-refractivity contribution in [1.82, 2.24) is 5.32 Å². The third-order valence-corrected chi connectivity index (χ3v) is 5.48. The minimum absolute atomic E-state index is 0.00149. The molecule has 160 valence electrons. The molecule has 1 N–H and O–H groups in total. The maximum Gasteiger partial charge on any atom is 0.407 e. The number of benzene rings is 3. The molecular weight excluding hydrogens is 428 g/mol. The number of hydrogen-bond donors (Lipinski definition) is 1. The van der Waals surface area contributed by atoms with Crippen molar-refractivity contribution in [2.24, 2.45) is 0 Å². The molecule has 3 aromatic rings. The van der Waals surface area contributed by atoms with Gasteiger partial charge in [-0.2, -0.15) is 0 Å². The number of nitro benzene ring substituents is 1. The molecule has 1 aliphatic carbocycles. The highest BCUT2D eigenvalue weighted by Crippen LogP contribution is 2.44. The van der Waals surface area contributed by atoms with Gasteiger partial charge >= 0.3 is 6.09 Å². The molecule has 1 amide bonds. The summed E-state index contributed by atoms with van der Waals surface area (Å²) in [5, 5.41) is 14.0. The van der Waals surface area contributed by atoms with Crippen molar-refractivity contribution in [2.75, 3.05) is 13.2 Å². The number of hydrogen-bond acceptors (Lipinski definition) is 4. The van der Waals surface area contributed by atoms with Gasteiger partial charge in [-0.1, -0.05) is 72.0 Å². The van der Waals surface area contributed by atoms with Crippen molar-refractivity contribution in [1.29, 1.82) is 0 Å². The van der Waals surface area contributed by atoms with Crippen LogP contribution in [-0.2, 0) is 4.74 Å². The topological polar surface area (TPSA) is 81.5 Å². The molecule has 0 bridgehead atoms. The largest absolute Gasteiger partial charge is 0.449 e. The van der Waals surface area contributed by atoms with E-state index in [0.717, 1.165) is 11.1 Å². The predicted octanol–water partition coefficient (Wildman–Crippen LogP) is 5.53. The van der Waals surface area contributed by atoms with E-state index in [1.54, 1.807) is 6.07 Å². The molecule has 0 fully saturated rings. The van der Waals surface area contributed by atoms with Crippen molar-refractivity contribution in [2.45, 2.75) is 12.3 Å². The van der Waals surface area contributed by atoms with Gasteiger partial charge in [0.1, 0.15) is 12.2 Å². The van der Waals surface area contributed by atoms with Crippen molar-refractivity contribution in [3.05, 3.63) is 98.6 Å². The fourth-order valence-electron chi connectivity index (χ4n) is 3.80. The van der Waals surface area contributed by atoms with E-state index >= 15 is 0 Å². The van der Waals surface area contributed by atoms with Gasteiger partial charge in [0.05, 0.1) is 4.92 Å². The highest BCUT2D eigenvalue weighted by Gasteiger charge is 2.28. The highest BCUT2D eigenvalue weighted by atomic mass is 35.5. The number of rotatable bonds is 5. The number of nitrogens with zero attached hydrogens (tertiary/aromatic N) is 1. The van der Waals surface area contributed by atoms with Gasteiger partial charge in [-0.05, 0) is 34.4 Å². The van der Waals surface area contributed by atoms with Crippen molar-refractivity contribution in [3.63, 3.8) is 0 Å². The van der Waals surface area contributed by atoms with Crippen LogP contribution < -0.4 is 5.32 Å². The lowest BCUT2D eigenvalue weighted by molar-refractivity contribution is -0.385. The third-order valence-electron chi connectivity index (χ3n) is 5.24. The molecule has 0 spiro atoms. The van der Waals surface area contributed by atoms with Gasteiger partial charge in [-0.15, -0.1) is 0 Å². The van der Waals surface area contributed by atoms with Crippen LogP contribution in [0.2, 0.25) is 5.02 Å². The first-order valence-corrected chi connectivity index (χ1v) is 10.4. The summed E-state index contributed by atoms with van der Waals surface area (Å²) in [6.07, 6.45) is -0.199. The van der Waals surface area contributed by atoms with E-state index in [9.17, 15) is 14.9 Å². The Kier molecular flexibility index (Phi) is 6.39. The molecule has 0 unspecified atom stereocenters. The summed E-state index contributed by atoms with van der Waals surface area (Å²) in [6.45, 7) is 0.508. The number of halogens is 1. The first kappa shape index (κ1) is 21.4. The number of carbonyl (C=O) groups is 1. The van der Waals surface area contributed by atoms with Gasteiger partial charge in [-0.25, -0.2) is 4.79 Å². The van der Waals surface area contributed by atoms with E-state index in [1.807, 2.05) is 24.3 Å². The average Bonchev–Trinajstić information content (AvgIpc) is 3.12. The SMILES string of the molecule is O=C(NCCC#Cc1ccc(Cl)cc1[N+](=O)[O-])OCC1c2ccccc2-c2ccccc21. The summed E-state index contributed by atoms with van der Waals surface area (Å²) < 4.78 is 5.47. The van der Waals surface area contributed by atoms with Crippen LogP contribution in [0, 0.1) is 22.0 Å². The standard InChI is InChI=1S/C25H19ClN2O4/c26-18-13-12-17(24(15-18)28(30)31)7-5-6-14-27-25(29)32-16-23-21-10-3-1-8-19(21)20-9-2-4-11-22(20)23/h1-4,8-13,15,23H,6,14,16H2,(H,27,29). The summed E-state index contributed by atoms with van der Waals surface area (Å²) in [7, 11) is 0. The van der Waals surface area contributed by atoms with Crippen molar-refractivity contribution in [3.8, 4) is 23.0 Å². The minimum Gasteiger partial charge on any atom is -0.449 e. The highest BCUT2D eigenvalue weighted by molar-refractivity contribution is 6.30. The molecule has 0 aromatic heterocycles. The lowest BCUT2D eigenvalue weighted by Gasteiger charge is -2.14. The zero-order valence-corrected chi connectivity index (χ0v) is 17.8. The summed E-state index contributed by atoms with van der Waals surface area (Å²) in [6, 6.07) is 20.6. The maximum absolute atomic E-state index is 12.2. The van der Waals surface area contributed by atoms with Gasteiger partial charge < -0.3 is 10.1 Å². The molecule has 4 rings (SSSR count). The second kappa shape index (κ2) is 9.54. The van der Waals surface area contributed by atoms with Gasteiger partial charge in [0.15, 0.2) is 0 Å². The zero-order valence-electron chi connectivity index (χ0n) is 17.0. The van der Waals surface area contributed by atoms with Crippen LogP contribution in [0.3, 0.4) is 0 Å². The van der Waals surface area contributed by atoms with Crippen LogP contribution in [0.1, 0.15) is 29.0 Å². The van der Waals surface area contributed by atoms with E-state index in [4.69, 9.17) is 16.3 Å². The summed E-state index contributed by atoms with van der Waals surface area (Å²) in [4.78, 5) is 22.7. The average molecular weight is 447 g/mol. The number of alkyl carbamates (subject to hydrolysis) is 1. The molecule has 7 heteroatoms. The fraction of sp³-hybridized carbons (Fsp3) is 0.160. The van der Waals surface area contributed by atoms with Crippen LogP contribution in [0.4, 0.5) is 10.5 Å². The Bertz CT molecular complexity index is 1200. The molecule has 0 saturated heterocycles. The molecule has 0 heterocycles. The zero-order chi connectivity index (χ0) is 22.5. The Balaban J connectivity index is 1.30. The fourth-order valence-corrected chi connectivity index (χ4v) is 3.96. The quantitative estimate of drug-likeness (QED) is 0.242. The van der Waals surface area contributed by atoms with Gasteiger partial charge in [0.2, 0.25) is 0 Å². The lowest BCUT2D eigenvalue weighted by atomic mass is 9.98. The molecule has 32 heavy (non-hydrogen) atoms. The Hall–Kier alpha value is -3.82. The lowest BCUT2D eigenvalue weighted by Crippen LogP contribution is -2.26. The number of fused-ring (bicyclic) bond motifs is 3. The molecule has 6 nitrogen and oxygen atoms in total. The van der Waals surface area contributed by atoms with E-state index in [2.05, 4.69) is 41.4 Å². The molecule has 1 aliphatic rings. The van der Waals surface area contributed by atoms with Crippen molar-refractivity contribution >= 4 is 23.4 Å². The summed E-state index contributed by atoms with van der Waals surface area (Å²) >= 11 is 5.80. The monoisotopic (exact) mass is 446 g/mol. The van der Waals surface area contributed by atoms with Crippen LogP contribution in [0.25, 0.3) is 11.1 Å². The van der Waals surface area contributed by atoms with Gasteiger partial charge in [0.25, 0.3) is 5.69 Å². The number of nitrogens with one attached hydrogen (secondary N) is 1. The van der Waals surface area contributed by atoms with Gasteiger partial charge in [0, 0.05) is 30.0 Å². The molecule has 0 saturated carbocycles.